The minimum atomic E-state index is -0.350. The molecule has 0 fully saturated rings. The number of nitrogens with one attached hydrogen (secondary N) is 1. The van der Waals surface area contributed by atoms with E-state index in [0.29, 0.717) is 27.9 Å². The number of methoxy groups -OCH3 is 1. The van der Waals surface area contributed by atoms with Gasteiger partial charge in [-0.3, -0.25) is 0 Å². The summed E-state index contributed by atoms with van der Waals surface area (Å²) in [4.78, 5) is 11.1. The molecule has 0 saturated carbocycles. The molecule has 1 aromatic rings. The van der Waals surface area contributed by atoms with Crippen LogP contribution in [-0.4, -0.2) is 19.6 Å². The molecule has 5 heteroatoms. The van der Waals surface area contributed by atoms with Crippen molar-refractivity contribution >= 4 is 34.9 Å². The number of halogens is 2. The zero-order valence-electron chi connectivity index (χ0n) is 9.59. The van der Waals surface area contributed by atoms with Gasteiger partial charge in [0, 0.05) is 12.1 Å². The van der Waals surface area contributed by atoms with Crippen molar-refractivity contribution in [3.63, 3.8) is 0 Å². The summed E-state index contributed by atoms with van der Waals surface area (Å²) in [5, 5.41) is 4.13. The van der Waals surface area contributed by atoms with Crippen LogP contribution in [-0.2, 0) is 9.53 Å². The molecule has 3 nitrogen and oxygen atoms in total. The summed E-state index contributed by atoms with van der Waals surface area (Å²) in [7, 11) is 1.35. The second-order valence-electron chi connectivity index (χ2n) is 3.36. The number of esters is 1. The zero-order valence-corrected chi connectivity index (χ0v) is 11.1. The Balaban J connectivity index is 2.66. The van der Waals surface area contributed by atoms with Gasteiger partial charge in [0.25, 0.3) is 0 Å². The molecule has 92 valence electrons. The molecule has 1 rings (SSSR count). The van der Waals surface area contributed by atoms with Crippen LogP contribution in [0.15, 0.2) is 29.8 Å². The maximum absolute atomic E-state index is 11.1. The molecule has 1 N–H and O–H groups in total. The van der Waals surface area contributed by atoms with E-state index in [1.54, 1.807) is 31.2 Å². The number of ether oxygens (including phenoxy) is 1. The predicted molar refractivity (Wildman–Crippen MR) is 70.7 cm³/mol. The first-order chi connectivity index (χ1) is 8.06. The highest BCUT2D eigenvalue weighted by Gasteiger charge is 2.05. The fourth-order valence-corrected chi connectivity index (χ4v) is 1.75. The van der Waals surface area contributed by atoms with Crippen LogP contribution in [0.3, 0.4) is 0 Å². The Labute approximate surface area is 110 Å². The lowest BCUT2D eigenvalue weighted by Crippen LogP contribution is -2.05. The predicted octanol–water partition coefficient (Wildman–Crippen LogP) is 3.52. The van der Waals surface area contributed by atoms with Crippen molar-refractivity contribution in [2.75, 3.05) is 19.0 Å². The van der Waals surface area contributed by atoms with Gasteiger partial charge >= 0.3 is 5.97 Å². The summed E-state index contributed by atoms with van der Waals surface area (Å²) in [6.45, 7) is 2.13. The molecule has 0 aliphatic rings. The molecule has 0 spiro atoms. The van der Waals surface area contributed by atoms with Gasteiger partial charge in [0.05, 0.1) is 22.8 Å². The lowest BCUT2D eigenvalue weighted by molar-refractivity contribution is -0.136. The average molecular weight is 274 g/mol. The first kappa shape index (κ1) is 13.9. The van der Waals surface area contributed by atoms with Crippen molar-refractivity contribution in [1.82, 2.24) is 0 Å². The van der Waals surface area contributed by atoms with E-state index in [9.17, 15) is 4.79 Å². The first-order valence-corrected chi connectivity index (χ1v) is 5.74. The molecule has 0 bridgehead atoms. The number of carbonyl (C=O) groups is 1. The summed E-state index contributed by atoms with van der Waals surface area (Å²) in [6, 6.07) is 5.25. The van der Waals surface area contributed by atoms with Crippen LogP contribution in [0, 0.1) is 0 Å². The molecule has 0 amide bonds. The van der Waals surface area contributed by atoms with Crippen LogP contribution in [0.4, 0.5) is 5.69 Å². The summed E-state index contributed by atoms with van der Waals surface area (Å²) < 4.78 is 4.58. The molecule has 0 aliphatic carbocycles. The summed E-state index contributed by atoms with van der Waals surface area (Å²) in [5.41, 5.74) is 1.19. The molecular formula is C12H13Cl2NO2. The van der Waals surface area contributed by atoms with Gasteiger partial charge in [0.1, 0.15) is 0 Å². The fourth-order valence-electron chi connectivity index (χ4n) is 1.22. The normalized spacial score (nSPS) is 11.2. The van der Waals surface area contributed by atoms with Gasteiger partial charge < -0.3 is 10.1 Å². The van der Waals surface area contributed by atoms with Gasteiger partial charge in [0.15, 0.2) is 0 Å². The molecule has 0 heterocycles. The topological polar surface area (TPSA) is 38.3 Å². The van der Waals surface area contributed by atoms with Gasteiger partial charge in [-0.25, -0.2) is 4.79 Å². The number of rotatable bonds is 4. The Morgan fingerprint density at radius 3 is 2.53 bits per heavy atom. The molecule has 1 aromatic carbocycles. The van der Waals surface area contributed by atoms with Crippen molar-refractivity contribution in [3.05, 3.63) is 39.9 Å². The molecule has 0 saturated heterocycles. The van der Waals surface area contributed by atoms with Crippen molar-refractivity contribution in [2.45, 2.75) is 6.92 Å². The molecule has 0 atom stereocenters. The van der Waals surface area contributed by atoms with Crippen LogP contribution >= 0.6 is 23.2 Å². The molecule has 0 aliphatic heterocycles. The lowest BCUT2D eigenvalue weighted by atomic mass is 10.2. The number of benzene rings is 1. The van der Waals surface area contributed by atoms with E-state index in [1.807, 2.05) is 0 Å². The fraction of sp³-hybridized carbons (Fsp3) is 0.250. The summed E-state index contributed by atoms with van der Waals surface area (Å²) in [6.07, 6.45) is 1.71. The standard InChI is InChI=1S/C12H13Cl2NO2/c1-8(12(16)17-2)6-7-15-11-9(13)4-3-5-10(11)14/h3-6,15H,7H2,1-2H3/b8-6+. The highest BCUT2D eigenvalue weighted by molar-refractivity contribution is 6.39. The number of carbonyl (C=O) groups excluding carboxylic acids is 1. The summed E-state index contributed by atoms with van der Waals surface area (Å²) >= 11 is 12.0. The SMILES string of the molecule is COC(=O)/C(C)=C/CNc1c(Cl)cccc1Cl. The first-order valence-electron chi connectivity index (χ1n) is 4.99. The van der Waals surface area contributed by atoms with Crippen LogP contribution in [0.5, 0.6) is 0 Å². The molecule has 0 radical (unpaired) electrons. The average Bonchev–Trinajstić information content (AvgIpc) is 2.31. The third kappa shape index (κ3) is 3.95. The van der Waals surface area contributed by atoms with Gasteiger partial charge in [-0.05, 0) is 19.1 Å². The van der Waals surface area contributed by atoms with E-state index in [4.69, 9.17) is 23.2 Å². The highest BCUT2D eigenvalue weighted by atomic mass is 35.5. The molecule has 0 unspecified atom stereocenters. The zero-order chi connectivity index (χ0) is 12.8. The largest absolute Gasteiger partial charge is 0.466 e. The maximum Gasteiger partial charge on any atom is 0.333 e. The Hall–Kier alpha value is -1.19. The van der Waals surface area contributed by atoms with Crippen molar-refractivity contribution < 1.29 is 9.53 Å². The Morgan fingerprint density at radius 1 is 1.41 bits per heavy atom. The van der Waals surface area contributed by atoms with Gasteiger partial charge in [-0.2, -0.15) is 0 Å². The van der Waals surface area contributed by atoms with E-state index in [0.717, 1.165) is 0 Å². The van der Waals surface area contributed by atoms with E-state index in [1.165, 1.54) is 7.11 Å². The number of para-hydroxylation sites is 1. The number of hydrogen-bond donors (Lipinski definition) is 1. The summed E-state index contributed by atoms with van der Waals surface area (Å²) in [5.74, 6) is -0.350. The molecule has 0 aromatic heterocycles. The lowest BCUT2D eigenvalue weighted by Gasteiger charge is -2.08. The molecular weight excluding hydrogens is 261 g/mol. The van der Waals surface area contributed by atoms with E-state index < -0.39 is 0 Å². The van der Waals surface area contributed by atoms with Gasteiger partial charge in [0.2, 0.25) is 0 Å². The van der Waals surface area contributed by atoms with E-state index >= 15 is 0 Å². The Kier molecular flexibility index (Phi) is 5.32. The van der Waals surface area contributed by atoms with E-state index in [2.05, 4.69) is 10.1 Å². The Bertz CT molecular complexity index is 424. The second-order valence-corrected chi connectivity index (χ2v) is 4.17. The highest BCUT2D eigenvalue weighted by Crippen LogP contribution is 2.29. The second kappa shape index (κ2) is 6.52. The third-order valence-electron chi connectivity index (χ3n) is 2.16. The van der Waals surface area contributed by atoms with Crippen molar-refractivity contribution in [3.8, 4) is 0 Å². The van der Waals surface area contributed by atoms with Crippen molar-refractivity contribution in [2.24, 2.45) is 0 Å². The van der Waals surface area contributed by atoms with Gasteiger partial charge in [-0.1, -0.05) is 35.3 Å². The third-order valence-corrected chi connectivity index (χ3v) is 2.79. The van der Waals surface area contributed by atoms with E-state index in [-0.39, 0.29) is 5.97 Å². The van der Waals surface area contributed by atoms with Crippen LogP contribution in [0.1, 0.15) is 6.92 Å². The minimum Gasteiger partial charge on any atom is -0.466 e. The molecule has 17 heavy (non-hydrogen) atoms. The quantitative estimate of drug-likeness (QED) is 0.674. The monoisotopic (exact) mass is 273 g/mol. The van der Waals surface area contributed by atoms with Crippen molar-refractivity contribution in [1.29, 1.82) is 0 Å². The van der Waals surface area contributed by atoms with Crippen LogP contribution in [0.2, 0.25) is 10.0 Å². The minimum absolute atomic E-state index is 0.350. The number of hydrogen-bond acceptors (Lipinski definition) is 3. The maximum atomic E-state index is 11.1. The number of anilines is 1. The van der Waals surface area contributed by atoms with Crippen LogP contribution < -0.4 is 5.32 Å². The van der Waals surface area contributed by atoms with Gasteiger partial charge in [-0.15, -0.1) is 0 Å². The Morgan fingerprint density at radius 2 is 2.00 bits per heavy atom. The van der Waals surface area contributed by atoms with Crippen LogP contribution in [0.25, 0.3) is 0 Å². The smallest absolute Gasteiger partial charge is 0.333 e.